The summed E-state index contributed by atoms with van der Waals surface area (Å²) in [6.45, 7) is 13.8. The zero-order valence-corrected chi connectivity index (χ0v) is 25.4. The first kappa shape index (κ1) is 36.5. The molecule has 40 heavy (non-hydrogen) atoms. The van der Waals surface area contributed by atoms with Gasteiger partial charge in [-0.25, -0.2) is 8.42 Å². The molecule has 0 aliphatic rings. The van der Waals surface area contributed by atoms with E-state index in [-0.39, 0.29) is 32.0 Å². The number of hydrogen-bond donors (Lipinski definition) is 0. The molecule has 0 saturated carbocycles. The molecule has 2 aromatic rings. The van der Waals surface area contributed by atoms with Crippen LogP contribution >= 0.6 is 0 Å². The highest BCUT2D eigenvalue weighted by atomic mass is 127. The van der Waals surface area contributed by atoms with Crippen LogP contribution in [-0.4, -0.2) is 36.2 Å². The molecule has 0 bridgehead atoms. The molecule has 14 heteroatoms. The van der Waals surface area contributed by atoms with Gasteiger partial charge in [-0.3, -0.25) is 0 Å². The molecular weight excluding hydrogens is 690 g/mol. The number of rotatable bonds is 9. The number of benzene rings is 2. The van der Waals surface area contributed by atoms with Crippen molar-refractivity contribution >= 4 is 10.1 Å². The Morgan fingerprint density at radius 1 is 0.625 bits per heavy atom. The van der Waals surface area contributed by atoms with Crippen molar-refractivity contribution < 1.29 is 73.7 Å². The lowest BCUT2D eigenvalue weighted by molar-refractivity contribution is -0.597. The molecule has 0 saturated heterocycles. The molecule has 0 aliphatic heterocycles. The summed E-state index contributed by atoms with van der Waals surface area (Å²) in [6.07, 6.45) is -4.81. The molecule has 0 atom stereocenters. The van der Waals surface area contributed by atoms with Gasteiger partial charge in [-0.2, -0.15) is 39.5 Å². The molecule has 228 valence electrons. The van der Waals surface area contributed by atoms with Crippen molar-refractivity contribution in [3.8, 4) is 0 Å². The van der Waals surface area contributed by atoms with Gasteiger partial charge < -0.3 is 4.55 Å². The van der Waals surface area contributed by atoms with Crippen LogP contribution in [0.4, 0.5) is 39.5 Å². The third-order valence-corrected chi connectivity index (χ3v) is 10.2. The smallest absolute Gasteiger partial charge is 0.460 e. The summed E-state index contributed by atoms with van der Waals surface area (Å²) in [7, 11) is -7.42. The zero-order chi connectivity index (χ0) is 31.6. The molecular formula is C26H30F9IO3S. The third kappa shape index (κ3) is 7.84. The topological polar surface area (TPSA) is 57.2 Å². The summed E-state index contributed by atoms with van der Waals surface area (Å²) in [6, 6.07) is 18.7. The van der Waals surface area contributed by atoms with Crippen molar-refractivity contribution in [2.45, 2.75) is 88.5 Å². The SMILES string of the molecule is CCC(C)(C)c1ccc([I+]c2ccc(C(C)(C)CC)cc2)cc1.O=S(=O)([O-])C(F)(F)C(F)(F)C(F)(F)C(F)(F)F. The van der Waals surface area contributed by atoms with E-state index in [1.165, 1.54) is 31.1 Å². The maximum atomic E-state index is 12.2. The van der Waals surface area contributed by atoms with E-state index >= 15 is 0 Å². The Balaban J connectivity index is 0.000000421. The quantitative estimate of drug-likeness (QED) is 0.205. The predicted molar refractivity (Wildman–Crippen MR) is 128 cm³/mol. The summed E-state index contributed by atoms with van der Waals surface area (Å²) >= 11 is -0.0793. The fourth-order valence-electron chi connectivity index (χ4n) is 2.98. The predicted octanol–water partition coefficient (Wildman–Crippen LogP) is 5.15. The summed E-state index contributed by atoms with van der Waals surface area (Å²) in [4.78, 5) is 0. The van der Waals surface area contributed by atoms with Gasteiger partial charge in [0.1, 0.15) is 0 Å². The Morgan fingerprint density at radius 3 is 1.15 bits per heavy atom. The lowest BCUT2D eigenvalue weighted by Gasteiger charge is -2.34. The summed E-state index contributed by atoms with van der Waals surface area (Å²) in [5.74, 6) is -14.8. The largest absolute Gasteiger partial charge is 0.743 e. The lowest BCUT2D eigenvalue weighted by atomic mass is 9.82. The molecule has 0 aliphatic carbocycles. The van der Waals surface area contributed by atoms with Gasteiger partial charge in [0.2, 0.25) is 0 Å². The summed E-state index contributed by atoms with van der Waals surface area (Å²) in [5, 5.41) is -7.11. The second kappa shape index (κ2) is 12.4. The molecule has 0 N–H and O–H groups in total. The second-order valence-electron chi connectivity index (χ2n) is 10.2. The van der Waals surface area contributed by atoms with E-state index < -0.39 is 33.4 Å². The normalized spacial score (nSPS) is 14.0. The van der Waals surface area contributed by atoms with Crippen LogP contribution in [0.2, 0.25) is 0 Å². The minimum Gasteiger partial charge on any atom is -0.743 e. The third-order valence-electron chi connectivity index (χ3n) is 6.67. The summed E-state index contributed by atoms with van der Waals surface area (Å²) < 4.78 is 138. The Kier molecular flexibility index (Phi) is 11.3. The van der Waals surface area contributed by atoms with E-state index in [4.69, 9.17) is 0 Å². The molecule has 2 aromatic carbocycles. The fourth-order valence-corrected chi connectivity index (χ4v) is 5.58. The molecule has 0 unspecified atom stereocenters. The van der Waals surface area contributed by atoms with Crippen molar-refractivity contribution in [1.82, 2.24) is 0 Å². The van der Waals surface area contributed by atoms with Crippen molar-refractivity contribution in [3.05, 3.63) is 66.8 Å². The van der Waals surface area contributed by atoms with Gasteiger partial charge in [0.05, 0.1) is 0 Å². The summed E-state index contributed by atoms with van der Waals surface area (Å²) in [5.41, 5.74) is 3.47. The number of alkyl halides is 9. The van der Waals surface area contributed by atoms with Gasteiger partial charge in [-0.15, -0.1) is 0 Å². The average molecular weight is 720 g/mol. The molecule has 0 aromatic heterocycles. The van der Waals surface area contributed by atoms with Crippen LogP contribution in [0.25, 0.3) is 0 Å². The highest BCUT2D eigenvalue weighted by molar-refractivity contribution is 7.86. The van der Waals surface area contributed by atoms with E-state index in [9.17, 15) is 52.5 Å². The van der Waals surface area contributed by atoms with Crippen LogP contribution in [0, 0.1) is 7.14 Å². The first-order valence-corrected chi connectivity index (χ1v) is 15.4. The van der Waals surface area contributed by atoms with Crippen molar-refractivity contribution in [2.24, 2.45) is 0 Å². The van der Waals surface area contributed by atoms with Crippen LogP contribution < -0.4 is 21.2 Å². The van der Waals surface area contributed by atoms with E-state index in [2.05, 4.69) is 90.1 Å². The minimum absolute atomic E-state index is 0.0793. The van der Waals surface area contributed by atoms with E-state index in [1.54, 1.807) is 0 Å². The molecule has 0 fully saturated rings. The molecule has 2 rings (SSSR count). The highest BCUT2D eigenvalue weighted by Crippen LogP contribution is 2.54. The zero-order valence-electron chi connectivity index (χ0n) is 22.4. The first-order valence-electron chi connectivity index (χ1n) is 11.8. The van der Waals surface area contributed by atoms with E-state index in [0.717, 1.165) is 0 Å². The van der Waals surface area contributed by atoms with E-state index in [1.807, 2.05) is 0 Å². The number of halogens is 10. The van der Waals surface area contributed by atoms with Crippen molar-refractivity contribution in [3.63, 3.8) is 0 Å². The lowest BCUT2D eigenvalue weighted by Crippen LogP contribution is -3.61. The van der Waals surface area contributed by atoms with Gasteiger partial charge >= 0.3 is 44.5 Å². The monoisotopic (exact) mass is 720 g/mol. The van der Waals surface area contributed by atoms with Crippen LogP contribution in [0.5, 0.6) is 0 Å². The van der Waals surface area contributed by atoms with Gasteiger partial charge in [0.25, 0.3) is 0 Å². The Bertz CT molecular complexity index is 1170. The molecule has 0 amide bonds. The molecule has 0 radical (unpaired) electrons. The fraction of sp³-hybridized carbons (Fsp3) is 0.538. The Labute approximate surface area is 238 Å². The van der Waals surface area contributed by atoms with Crippen LogP contribution in [-0.2, 0) is 20.9 Å². The van der Waals surface area contributed by atoms with Gasteiger partial charge in [0, 0.05) is 0 Å². The molecule has 3 nitrogen and oxygen atoms in total. The Hall–Kier alpha value is -1.55. The van der Waals surface area contributed by atoms with Gasteiger partial charge in [0.15, 0.2) is 17.3 Å². The highest BCUT2D eigenvalue weighted by Gasteiger charge is 2.83. The number of hydrogen-bond acceptors (Lipinski definition) is 3. The van der Waals surface area contributed by atoms with Gasteiger partial charge in [-0.1, -0.05) is 65.8 Å². The maximum absolute atomic E-state index is 12.2. The molecule has 0 spiro atoms. The first-order chi connectivity index (χ1) is 17.8. The standard InChI is InChI=1S/C22H30I.C4HF9O3S/c1-7-21(3,4)17-9-13-19(14-10-17)23-20-15-11-18(12-16-20)22(5,6)8-2;5-1(6,3(9,10)11)2(7,8)4(12,13)17(14,15)16/h9-16H,7-8H2,1-6H3;(H,14,15,16)/q+1;/p-1. The molecule has 0 heterocycles. The second-order valence-corrected chi connectivity index (χ2v) is 14.7. The van der Waals surface area contributed by atoms with Gasteiger partial charge in [-0.05, 0) is 59.1 Å². The maximum Gasteiger partial charge on any atom is 0.460 e. The Morgan fingerprint density at radius 2 is 0.925 bits per heavy atom. The van der Waals surface area contributed by atoms with E-state index in [0.29, 0.717) is 0 Å². The van der Waals surface area contributed by atoms with Crippen LogP contribution in [0.3, 0.4) is 0 Å². The van der Waals surface area contributed by atoms with Crippen molar-refractivity contribution in [2.75, 3.05) is 0 Å². The van der Waals surface area contributed by atoms with Crippen LogP contribution in [0.15, 0.2) is 48.5 Å². The minimum atomic E-state index is -7.43. The average Bonchev–Trinajstić information content (AvgIpc) is 2.83. The van der Waals surface area contributed by atoms with Crippen molar-refractivity contribution in [1.29, 1.82) is 0 Å². The van der Waals surface area contributed by atoms with Crippen LogP contribution in [0.1, 0.15) is 65.5 Å².